The number of aromatic nitrogens is 5. The van der Waals surface area contributed by atoms with Gasteiger partial charge in [0.1, 0.15) is 0 Å². The van der Waals surface area contributed by atoms with Crippen LogP contribution in [0.25, 0.3) is 6.08 Å². The van der Waals surface area contributed by atoms with E-state index in [1.54, 1.807) is 48.4 Å². The van der Waals surface area contributed by atoms with Gasteiger partial charge < -0.3 is 15.2 Å². The highest BCUT2D eigenvalue weighted by Crippen LogP contribution is 2.32. The number of rotatable bonds is 5. The van der Waals surface area contributed by atoms with Gasteiger partial charge in [0.15, 0.2) is 10.9 Å². The number of imidazole rings is 1. The third kappa shape index (κ3) is 4.51. The van der Waals surface area contributed by atoms with Crippen LogP contribution < -0.4 is 5.32 Å². The number of likely N-dealkylation sites (tertiary alicyclic amines) is 1. The Kier molecular flexibility index (Phi) is 5.66. The van der Waals surface area contributed by atoms with Crippen molar-refractivity contribution in [1.82, 2.24) is 29.8 Å². The number of nitrogens with zero attached hydrogens (tertiary/aromatic N) is 5. The molecule has 0 saturated carbocycles. The standard InChI is InChI=1S/C20H23N7OS/c1-13-14(2)29-20(25-13)26-19-18(22-7-8-23-19)15-4-3-9-27(11-15)17(28)6-5-16-10-21-12-24-16/h5-8,10,12,15H,3-4,9,11H2,1-2H3,(H,21,24)(H,23,25,26)/b6-5+/t15-/m1/s1. The Hall–Kier alpha value is -3.07. The molecule has 150 valence electrons. The van der Waals surface area contributed by atoms with E-state index in [1.807, 2.05) is 11.8 Å². The number of H-pyrrole nitrogens is 1. The largest absolute Gasteiger partial charge is 0.345 e. The van der Waals surface area contributed by atoms with Crippen LogP contribution in [0.3, 0.4) is 0 Å². The summed E-state index contributed by atoms with van der Waals surface area (Å²) in [5, 5.41) is 4.14. The topological polar surface area (TPSA) is 99.7 Å². The van der Waals surface area contributed by atoms with E-state index in [0.29, 0.717) is 12.4 Å². The van der Waals surface area contributed by atoms with E-state index in [-0.39, 0.29) is 11.8 Å². The lowest BCUT2D eigenvalue weighted by molar-refractivity contribution is -0.127. The Labute approximate surface area is 173 Å². The van der Waals surface area contributed by atoms with Gasteiger partial charge in [0.2, 0.25) is 5.91 Å². The molecule has 9 heteroatoms. The van der Waals surface area contributed by atoms with Gasteiger partial charge in [0.25, 0.3) is 0 Å². The zero-order valence-electron chi connectivity index (χ0n) is 16.4. The van der Waals surface area contributed by atoms with Gasteiger partial charge in [-0.05, 0) is 32.8 Å². The normalized spacial score (nSPS) is 17.0. The van der Waals surface area contributed by atoms with Crippen LogP contribution in [0.15, 0.2) is 31.0 Å². The number of amides is 1. The fourth-order valence-electron chi connectivity index (χ4n) is 3.40. The summed E-state index contributed by atoms with van der Waals surface area (Å²) in [5.41, 5.74) is 2.70. The summed E-state index contributed by atoms with van der Waals surface area (Å²) in [7, 11) is 0. The van der Waals surface area contributed by atoms with Crippen LogP contribution in [0.1, 0.15) is 40.7 Å². The SMILES string of the molecule is Cc1nc(Nc2nccnc2[C@@H]2CCCN(C(=O)/C=C/c3cnc[nH]3)C2)sc1C. The van der Waals surface area contributed by atoms with Gasteiger partial charge >= 0.3 is 0 Å². The Morgan fingerprint density at radius 1 is 1.34 bits per heavy atom. The van der Waals surface area contributed by atoms with E-state index in [4.69, 9.17) is 0 Å². The van der Waals surface area contributed by atoms with Crippen molar-refractivity contribution in [3.8, 4) is 0 Å². The zero-order valence-corrected chi connectivity index (χ0v) is 17.2. The molecule has 0 aromatic carbocycles. The first-order valence-electron chi connectivity index (χ1n) is 9.57. The fourth-order valence-corrected chi connectivity index (χ4v) is 4.21. The first-order valence-corrected chi connectivity index (χ1v) is 10.4. The van der Waals surface area contributed by atoms with E-state index in [9.17, 15) is 4.79 Å². The van der Waals surface area contributed by atoms with Crippen molar-refractivity contribution < 1.29 is 4.79 Å². The van der Waals surface area contributed by atoms with Crippen molar-refractivity contribution >= 4 is 34.3 Å². The first-order chi connectivity index (χ1) is 14.1. The van der Waals surface area contributed by atoms with E-state index in [2.05, 4.69) is 37.2 Å². The van der Waals surface area contributed by atoms with Crippen molar-refractivity contribution in [2.24, 2.45) is 0 Å². The molecule has 0 aliphatic carbocycles. The van der Waals surface area contributed by atoms with Crippen molar-refractivity contribution in [2.45, 2.75) is 32.6 Å². The van der Waals surface area contributed by atoms with E-state index in [0.717, 1.165) is 41.6 Å². The molecule has 0 radical (unpaired) electrons. The number of carbonyl (C=O) groups excluding carboxylic acids is 1. The van der Waals surface area contributed by atoms with Gasteiger partial charge in [0, 0.05) is 42.4 Å². The van der Waals surface area contributed by atoms with Gasteiger partial charge in [-0.1, -0.05) is 0 Å². The second-order valence-corrected chi connectivity index (χ2v) is 8.24. The number of anilines is 2. The minimum absolute atomic E-state index is 0.00567. The lowest BCUT2D eigenvalue weighted by Crippen LogP contribution is -2.38. The lowest BCUT2D eigenvalue weighted by Gasteiger charge is -2.32. The third-order valence-electron chi connectivity index (χ3n) is 5.03. The minimum atomic E-state index is -0.00567. The van der Waals surface area contributed by atoms with Crippen LogP contribution in [0.5, 0.6) is 0 Å². The molecular weight excluding hydrogens is 386 g/mol. The van der Waals surface area contributed by atoms with Crippen LogP contribution in [-0.4, -0.2) is 48.8 Å². The summed E-state index contributed by atoms with van der Waals surface area (Å²) in [5.74, 6) is 0.842. The quantitative estimate of drug-likeness (QED) is 0.626. The Morgan fingerprint density at radius 3 is 2.97 bits per heavy atom. The van der Waals surface area contributed by atoms with Crippen LogP contribution in [0.4, 0.5) is 10.9 Å². The Bertz CT molecular complexity index is 992. The number of piperidine rings is 1. The van der Waals surface area contributed by atoms with Crippen molar-refractivity contribution in [3.63, 3.8) is 0 Å². The van der Waals surface area contributed by atoms with Gasteiger partial charge in [-0.15, -0.1) is 11.3 Å². The van der Waals surface area contributed by atoms with Crippen molar-refractivity contribution in [3.05, 3.63) is 53.0 Å². The maximum absolute atomic E-state index is 12.6. The molecule has 1 aliphatic rings. The predicted octanol–water partition coefficient (Wildman–Crippen LogP) is 3.44. The molecule has 1 fully saturated rings. The molecule has 3 aromatic heterocycles. The molecule has 4 heterocycles. The number of carbonyl (C=O) groups is 1. The molecule has 3 aromatic rings. The second kappa shape index (κ2) is 8.52. The highest BCUT2D eigenvalue weighted by molar-refractivity contribution is 7.15. The third-order valence-corrected chi connectivity index (χ3v) is 6.01. The molecule has 1 aliphatic heterocycles. The number of thiazole rings is 1. The van der Waals surface area contributed by atoms with Gasteiger partial charge in [-0.2, -0.15) is 0 Å². The number of aromatic amines is 1. The summed E-state index contributed by atoms with van der Waals surface area (Å²) >= 11 is 1.60. The number of nitrogens with one attached hydrogen (secondary N) is 2. The average molecular weight is 410 g/mol. The molecular formula is C20H23N7OS. The van der Waals surface area contributed by atoms with Gasteiger partial charge in [0.05, 0.1) is 29.6 Å². The Morgan fingerprint density at radius 2 is 2.21 bits per heavy atom. The average Bonchev–Trinajstić information content (AvgIpc) is 3.36. The molecule has 0 spiro atoms. The molecule has 1 atom stereocenters. The molecule has 1 saturated heterocycles. The zero-order chi connectivity index (χ0) is 20.2. The van der Waals surface area contributed by atoms with Crippen molar-refractivity contribution in [1.29, 1.82) is 0 Å². The summed E-state index contributed by atoms with van der Waals surface area (Å²) in [6.07, 6.45) is 11.9. The van der Waals surface area contributed by atoms with Gasteiger partial charge in [-0.25, -0.2) is 15.0 Å². The van der Waals surface area contributed by atoms with Gasteiger partial charge in [-0.3, -0.25) is 9.78 Å². The van der Waals surface area contributed by atoms with Crippen molar-refractivity contribution in [2.75, 3.05) is 18.4 Å². The minimum Gasteiger partial charge on any atom is -0.345 e. The first kappa shape index (κ1) is 19.3. The van der Waals surface area contributed by atoms with Crippen LogP contribution in [0, 0.1) is 13.8 Å². The number of hydrogen-bond acceptors (Lipinski definition) is 7. The molecule has 8 nitrogen and oxygen atoms in total. The van der Waals surface area contributed by atoms with E-state index >= 15 is 0 Å². The Balaban J connectivity index is 1.49. The lowest BCUT2D eigenvalue weighted by atomic mass is 9.94. The highest BCUT2D eigenvalue weighted by Gasteiger charge is 2.27. The van der Waals surface area contributed by atoms with E-state index in [1.165, 1.54) is 4.88 Å². The summed E-state index contributed by atoms with van der Waals surface area (Å²) in [6, 6.07) is 0. The summed E-state index contributed by atoms with van der Waals surface area (Å²) in [4.78, 5) is 36.2. The maximum Gasteiger partial charge on any atom is 0.246 e. The molecule has 4 rings (SSSR count). The van der Waals surface area contributed by atoms with Crippen LogP contribution in [0.2, 0.25) is 0 Å². The number of aryl methyl sites for hydroxylation is 2. The molecule has 1 amide bonds. The predicted molar refractivity (Wildman–Crippen MR) is 113 cm³/mol. The summed E-state index contributed by atoms with van der Waals surface area (Å²) in [6.45, 7) is 5.42. The van der Waals surface area contributed by atoms with Crippen LogP contribution in [-0.2, 0) is 4.79 Å². The smallest absolute Gasteiger partial charge is 0.246 e. The second-order valence-electron chi connectivity index (χ2n) is 7.04. The van der Waals surface area contributed by atoms with Crippen LogP contribution >= 0.6 is 11.3 Å². The molecule has 0 unspecified atom stereocenters. The fraction of sp³-hybridized carbons (Fsp3) is 0.350. The monoisotopic (exact) mass is 409 g/mol. The molecule has 2 N–H and O–H groups in total. The molecule has 29 heavy (non-hydrogen) atoms. The number of hydrogen-bond donors (Lipinski definition) is 2. The maximum atomic E-state index is 12.6. The molecule has 0 bridgehead atoms. The summed E-state index contributed by atoms with van der Waals surface area (Å²) < 4.78 is 0. The van der Waals surface area contributed by atoms with E-state index < -0.39 is 0 Å². The highest BCUT2D eigenvalue weighted by atomic mass is 32.1.